The lowest BCUT2D eigenvalue weighted by atomic mass is 10.2. The largest absolute Gasteiger partial charge is 0.309 e. The van der Waals surface area contributed by atoms with Gasteiger partial charge in [0.2, 0.25) is 0 Å². The third kappa shape index (κ3) is 3.90. The summed E-state index contributed by atoms with van der Waals surface area (Å²) in [4.78, 5) is 0. The van der Waals surface area contributed by atoms with Crippen LogP contribution in [0.4, 0.5) is 8.78 Å². The molecule has 0 aliphatic rings. The van der Waals surface area contributed by atoms with Gasteiger partial charge in [0.05, 0.1) is 10.0 Å². The van der Waals surface area contributed by atoms with E-state index >= 15 is 0 Å². The van der Waals surface area contributed by atoms with Crippen molar-refractivity contribution in [2.75, 3.05) is 0 Å². The van der Waals surface area contributed by atoms with E-state index in [1.807, 2.05) is 6.07 Å². The zero-order chi connectivity index (χ0) is 13.8. The van der Waals surface area contributed by atoms with Crippen LogP contribution < -0.4 is 5.32 Å². The van der Waals surface area contributed by atoms with Gasteiger partial charge < -0.3 is 5.32 Å². The maximum absolute atomic E-state index is 13.4. The number of benzene rings is 2. The molecule has 0 aliphatic heterocycles. The summed E-state index contributed by atoms with van der Waals surface area (Å²) in [7, 11) is 0. The summed E-state index contributed by atoms with van der Waals surface area (Å²) in [6, 6.07) is 8.64. The fourth-order valence-corrected chi connectivity index (χ4v) is 1.99. The predicted molar refractivity (Wildman–Crippen MR) is 73.4 cm³/mol. The number of nitrogens with one attached hydrogen (secondary N) is 1. The molecule has 1 nitrogen and oxygen atoms in total. The van der Waals surface area contributed by atoms with Gasteiger partial charge in [-0.1, -0.05) is 29.3 Å². The zero-order valence-electron chi connectivity index (χ0n) is 9.89. The molecule has 0 aromatic heterocycles. The number of rotatable bonds is 4. The molecule has 0 saturated carbocycles. The molecule has 2 aromatic carbocycles. The Kier molecular flexibility index (Phi) is 4.75. The van der Waals surface area contributed by atoms with Crippen LogP contribution in [-0.2, 0) is 13.1 Å². The van der Waals surface area contributed by atoms with Crippen molar-refractivity contribution >= 4 is 23.2 Å². The molecule has 0 bridgehead atoms. The van der Waals surface area contributed by atoms with Crippen LogP contribution >= 0.6 is 23.2 Å². The van der Waals surface area contributed by atoms with Gasteiger partial charge in [-0.15, -0.1) is 0 Å². The first kappa shape index (κ1) is 14.3. The van der Waals surface area contributed by atoms with Crippen molar-refractivity contribution in [3.63, 3.8) is 0 Å². The second kappa shape index (κ2) is 6.33. The van der Waals surface area contributed by atoms with Crippen LogP contribution in [0.5, 0.6) is 0 Å². The minimum absolute atomic E-state index is 0.240. The maximum Gasteiger partial charge on any atom is 0.127 e. The van der Waals surface area contributed by atoms with Gasteiger partial charge in [-0.2, -0.15) is 0 Å². The minimum atomic E-state index is -0.451. The van der Waals surface area contributed by atoms with Crippen molar-refractivity contribution in [2.24, 2.45) is 0 Å². The quantitative estimate of drug-likeness (QED) is 0.873. The highest BCUT2D eigenvalue weighted by molar-refractivity contribution is 6.42. The summed E-state index contributed by atoms with van der Waals surface area (Å²) < 4.78 is 26.3. The summed E-state index contributed by atoms with van der Waals surface area (Å²) in [6.07, 6.45) is 0. The Bertz CT molecular complexity index is 588. The molecular weight excluding hydrogens is 291 g/mol. The molecule has 1 N–H and O–H groups in total. The second-order valence-electron chi connectivity index (χ2n) is 4.09. The van der Waals surface area contributed by atoms with Crippen molar-refractivity contribution in [1.29, 1.82) is 0 Å². The van der Waals surface area contributed by atoms with E-state index in [4.69, 9.17) is 23.2 Å². The lowest BCUT2D eigenvalue weighted by Gasteiger charge is -2.07. The fourth-order valence-electron chi connectivity index (χ4n) is 1.67. The van der Waals surface area contributed by atoms with Gasteiger partial charge in [-0.25, -0.2) is 8.78 Å². The number of hydrogen-bond acceptors (Lipinski definition) is 1. The van der Waals surface area contributed by atoms with Gasteiger partial charge in [0.25, 0.3) is 0 Å². The maximum atomic E-state index is 13.4. The molecule has 0 radical (unpaired) electrons. The standard InChI is InChI=1S/C14H11Cl2F2N/c15-12-3-1-9(5-13(12)16)7-19-8-10-6-11(17)2-4-14(10)18/h1-6,19H,7-8H2. The first-order valence-electron chi connectivity index (χ1n) is 5.65. The van der Waals surface area contributed by atoms with Crippen molar-refractivity contribution in [3.05, 3.63) is 69.2 Å². The highest BCUT2D eigenvalue weighted by Crippen LogP contribution is 2.22. The first-order valence-corrected chi connectivity index (χ1v) is 6.40. The lowest BCUT2D eigenvalue weighted by Crippen LogP contribution is -2.14. The number of hydrogen-bond donors (Lipinski definition) is 1. The normalized spacial score (nSPS) is 10.7. The van der Waals surface area contributed by atoms with Gasteiger partial charge in [0.1, 0.15) is 11.6 Å². The molecule has 0 amide bonds. The average molecular weight is 302 g/mol. The molecule has 0 saturated heterocycles. The van der Waals surface area contributed by atoms with Crippen LogP contribution in [0.25, 0.3) is 0 Å². The molecule has 0 atom stereocenters. The van der Waals surface area contributed by atoms with E-state index in [-0.39, 0.29) is 6.54 Å². The van der Waals surface area contributed by atoms with Gasteiger partial charge in [-0.05, 0) is 35.9 Å². The van der Waals surface area contributed by atoms with E-state index in [1.54, 1.807) is 12.1 Å². The lowest BCUT2D eigenvalue weighted by molar-refractivity contribution is 0.568. The number of halogens is 4. The minimum Gasteiger partial charge on any atom is -0.309 e. The molecule has 0 fully saturated rings. The smallest absolute Gasteiger partial charge is 0.127 e. The molecule has 19 heavy (non-hydrogen) atoms. The summed E-state index contributed by atoms with van der Waals surface area (Å²) in [5.74, 6) is -0.879. The average Bonchev–Trinajstić information content (AvgIpc) is 2.38. The summed E-state index contributed by atoms with van der Waals surface area (Å²) in [5.41, 5.74) is 1.21. The van der Waals surface area contributed by atoms with E-state index in [1.165, 1.54) is 6.07 Å². The van der Waals surface area contributed by atoms with Gasteiger partial charge >= 0.3 is 0 Å². The summed E-state index contributed by atoms with van der Waals surface area (Å²) in [6.45, 7) is 0.733. The second-order valence-corrected chi connectivity index (χ2v) is 4.90. The Morgan fingerprint density at radius 2 is 1.68 bits per heavy atom. The SMILES string of the molecule is Fc1ccc(F)c(CNCc2ccc(Cl)c(Cl)c2)c1. The Morgan fingerprint density at radius 1 is 0.895 bits per heavy atom. The van der Waals surface area contributed by atoms with Crippen LogP contribution in [0.3, 0.4) is 0 Å². The molecule has 2 aromatic rings. The topological polar surface area (TPSA) is 12.0 Å². The van der Waals surface area contributed by atoms with Crippen LogP contribution in [0.2, 0.25) is 10.0 Å². The third-order valence-electron chi connectivity index (χ3n) is 2.64. The van der Waals surface area contributed by atoms with Crippen molar-refractivity contribution in [3.8, 4) is 0 Å². The molecule has 100 valence electrons. The fraction of sp³-hybridized carbons (Fsp3) is 0.143. The molecule has 0 aliphatic carbocycles. The molecule has 0 unspecified atom stereocenters. The van der Waals surface area contributed by atoms with E-state index in [0.717, 1.165) is 17.7 Å². The van der Waals surface area contributed by atoms with Crippen molar-refractivity contribution in [2.45, 2.75) is 13.1 Å². The molecule has 0 spiro atoms. The Hall–Kier alpha value is -1.16. The monoisotopic (exact) mass is 301 g/mol. The van der Waals surface area contributed by atoms with Gasteiger partial charge in [-0.3, -0.25) is 0 Å². The van der Waals surface area contributed by atoms with Crippen LogP contribution in [0.15, 0.2) is 36.4 Å². The molecule has 5 heteroatoms. The van der Waals surface area contributed by atoms with Crippen LogP contribution in [-0.4, -0.2) is 0 Å². The molecule has 0 heterocycles. The Morgan fingerprint density at radius 3 is 2.42 bits per heavy atom. The third-order valence-corrected chi connectivity index (χ3v) is 3.38. The van der Waals surface area contributed by atoms with Crippen LogP contribution in [0.1, 0.15) is 11.1 Å². The molecular formula is C14H11Cl2F2N. The zero-order valence-corrected chi connectivity index (χ0v) is 11.4. The predicted octanol–water partition coefficient (Wildman–Crippen LogP) is 4.56. The first-order chi connectivity index (χ1) is 9.06. The molecule has 2 rings (SSSR count). The highest BCUT2D eigenvalue weighted by atomic mass is 35.5. The van der Waals surface area contributed by atoms with Crippen molar-refractivity contribution in [1.82, 2.24) is 5.32 Å². The van der Waals surface area contributed by atoms with Crippen molar-refractivity contribution < 1.29 is 8.78 Å². The van der Waals surface area contributed by atoms with E-state index in [9.17, 15) is 8.78 Å². The van der Waals surface area contributed by atoms with Crippen LogP contribution in [0, 0.1) is 11.6 Å². The van der Waals surface area contributed by atoms with E-state index in [2.05, 4.69) is 5.32 Å². The Labute approximate surface area is 120 Å². The van der Waals surface area contributed by atoms with E-state index < -0.39 is 11.6 Å². The van der Waals surface area contributed by atoms with Gasteiger partial charge in [0.15, 0.2) is 0 Å². The summed E-state index contributed by atoms with van der Waals surface area (Å²) in [5, 5.41) is 3.98. The highest BCUT2D eigenvalue weighted by Gasteiger charge is 2.04. The summed E-state index contributed by atoms with van der Waals surface area (Å²) >= 11 is 11.7. The van der Waals surface area contributed by atoms with Gasteiger partial charge in [0, 0.05) is 18.7 Å². The Balaban J connectivity index is 1.96. The van der Waals surface area contributed by atoms with E-state index in [0.29, 0.717) is 22.2 Å².